The number of halogens is 1. The number of ether oxygens (including phenoxy) is 1. The van der Waals surface area contributed by atoms with Gasteiger partial charge in [-0.1, -0.05) is 0 Å². The van der Waals surface area contributed by atoms with E-state index in [1.54, 1.807) is 0 Å². The van der Waals surface area contributed by atoms with E-state index < -0.39 is 0 Å². The zero-order valence-electron chi connectivity index (χ0n) is 12.9. The second-order valence-electron chi connectivity index (χ2n) is 5.54. The number of hydrogen-bond donors (Lipinski definition) is 1. The first-order valence-corrected chi connectivity index (χ1v) is 8.54. The number of benzene rings is 1. The fourth-order valence-electron chi connectivity index (χ4n) is 2.52. The van der Waals surface area contributed by atoms with Crippen LogP contribution in [0, 0.1) is 17.4 Å². The molecule has 1 aromatic carbocycles. The highest BCUT2D eigenvalue weighted by Crippen LogP contribution is 2.25. The van der Waals surface area contributed by atoms with Gasteiger partial charge in [-0.05, 0) is 71.8 Å². The zero-order chi connectivity index (χ0) is 15.5. The van der Waals surface area contributed by atoms with E-state index in [0.717, 1.165) is 43.5 Å². The Morgan fingerprint density at radius 3 is 2.59 bits per heavy atom. The van der Waals surface area contributed by atoms with Crippen LogP contribution in [0.1, 0.15) is 11.1 Å². The van der Waals surface area contributed by atoms with Crippen molar-refractivity contribution in [3.8, 4) is 0 Å². The van der Waals surface area contributed by atoms with Crippen LogP contribution in [-0.2, 0) is 4.74 Å². The van der Waals surface area contributed by atoms with Crippen LogP contribution < -0.4 is 10.2 Å². The maximum Gasteiger partial charge on any atom is 0.130 e. The molecule has 4 nitrogen and oxygen atoms in total. The molecule has 1 N–H and O–H groups in total. The lowest BCUT2D eigenvalue weighted by molar-refractivity contribution is 0.122. The topological polar surface area (TPSA) is 37.4 Å². The van der Waals surface area contributed by atoms with Crippen LogP contribution in [-0.4, -0.2) is 31.3 Å². The molecule has 0 spiro atoms. The maximum absolute atomic E-state index is 5.38. The smallest absolute Gasteiger partial charge is 0.130 e. The molecule has 0 unspecified atom stereocenters. The number of nitrogens with zero attached hydrogens (tertiary/aromatic N) is 2. The highest BCUT2D eigenvalue weighted by molar-refractivity contribution is 14.1. The van der Waals surface area contributed by atoms with Crippen molar-refractivity contribution in [3.63, 3.8) is 0 Å². The van der Waals surface area contributed by atoms with Gasteiger partial charge < -0.3 is 15.0 Å². The third kappa shape index (κ3) is 3.52. The van der Waals surface area contributed by atoms with E-state index in [1.165, 1.54) is 14.7 Å². The average Bonchev–Trinajstić information content (AvgIpc) is 2.54. The minimum absolute atomic E-state index is 0.793. The van der Waals surface area contributed by atoms with Gasteiger partial charge in [0, 0.05) is 22.3 Å². The van der Waals surface area contributed by atoms with Crippen molar-refractivity contribution in [1.29, 1.82) is 0 Å². The van der Waals surface area contributed by atoms with E-state index in [4.69, 9.17) is 4.74 Å². The number of aryl methyl sites for hydroxylation is 2. The van der Waals surface area contributed by atoms with Gasteiger partial charge in [0.15, 0.2) is 0 Å². The molecule has 0 aliphatic carbocycles. The van der Waals surface area contributed by atoms with E-state index >= 15 is 0 Å². The fourth-order valence-corrected chi connectivity index (χ4v) is 3.15. The van der Waals surface area contributed by atoms with Crippen LogP contribution >= 0.6 is 22.6 Å². The molecular weight excluding hydrogens is 389 g/mol. The first kappa shape index (κ1) is 15.6. The van der Waals surface area contributed by atoms with Gasteiger partial charge in [-0.25, -0.2) is 4.98 Å². The van der Waals surface area contributed by atoms with Crippen LogP contribution in [0.25, 0.3) is 0 Å². The molecule has 116 valence electrons. The Balaban J connectivity index is 1.74. The molecule has 2 aromatic rings. The summed E-state index contributed by atoms with van der Waals surface area (Å²) in [7, 11) is 0. The highest BCUT2D eigenvalue weighted by atomic mass is 127. The number of anilines is 3. The minimum atomic E-state index is 0.793. The van der Waals surface area contributed by atoms with Crippen LogP contribution in [0.2, 0.25) is 0 Å². The summed E-state index contributed by atoms with van der Waals surface area (Å²) in [5.74, 6) is 0.876. The molecule has 2 heterocycles. The fraction of sp³-hybridized carbons (Fsp3) is 0.353. The van der Waals surface area contributed by atoms with E-state index in [1.807, 2.05) is 12.3 Å². The number of pyridine rings is 1. The highest BCUT2D eigenvalue weighted by Gasteiger charge is 2.11. The molecule has 0 radical (unpaired) electrons. The summed E-state index contributed by atoms with van der Waals surface area (Å²) >= 11 is 2.37. The number of morpholine rings is 1. The van der Waals surface area contributed by atoms with E-state index in [0.29, 0.717) is 0 Å². The summed E-state index contributed by atoms with van der Waals surface area (Å²) in [6.07, 6.45) is 1.93. The van der Waals surface area contributed by atoms with Crippen molar-refractivity contribution in [2.24, 2.45) is 0 Å². The molecule has 0 atom stereocenters. The SMILES string of the molecule is Cc1cc(Nc2ccc(N3CCOCC3)cn2)c(C)cc1I. The molecule has 0 bridgehead atoms. The van der Waals surface area contributed by atoms with Gasteiger partial charge in [0.25, 0.3) is 0 Å². The molecule has 0 amide bonds. The molecule has 1 saturated heterocycles. The predicted octanol–water partition coefficient (Wildman–Crippen LogP) is 3.88. The number of aromatic nitrogens is 1. The Morgan fingerprint density at radius 1 is 1.14 bits per heavy atom. The van der Waals surface area contributed by atoms with Crippen LogP contribution in [0.4, 0.5) is 17.2 Å². The molecule has 0 saturated carbocycles. The maximum atomic E-state index is 5.38. The second kappa shape index (κ2) is 6.83. The van der Waals surface area contributed by atoms with Gasteiger partial charge >= 0.3 is 0 Å². The molecule has 3 rings (SSSR count). The number of rotatable bonds is 3. The first-order chi connectivity index (χ1) is 10.6. The third-order valence-electron chi connectivity index (χ3n) is 3.89. The van der Waals surface area contributed by atoms with Gasteiger partial charge in [0.2, 0.25) is 0 Å². The largest absolute Gasteiger partial charge is 0.378 e. The quantitative estimate of drug-likeness (QED) is 0.781. The Bertz CT molecular complexity index is 652. The van der Waals surface area contributed by atoms with Gasteiger partial charge in [-0.3, -0.25) is 0 Å². The van der Waals surface area contributed by atoms with Crippen molar-refractivity contribution in [3.05, 3.63) is 45.2 Å². The number of nitrogens with one attached hydrogen (secondary N) is 1. The lowest BCUT2D eigenvalue weighted by atomic mass is 10.1. The summed E-state index contributed by atoms with van der Waals surface area (Å²) in [4.78, 5) is 6.85. The molecule has 1 aliphatic rings. The average molecular weight is 409 g/mol. The number of hydrogen-bond acceptors (Lipinski definition) is 4. The monoisotopic (exact) mass is 409 g/mol. The second-order valence-corrected chi connectivity index (χ2v) is 6.70. The normalized spacial score (nSPS) is 15.0. The lowest BCUT2D eigenvalue weighted by Gasteiger charge is -2.28. The first-order valence-electron chi connectivity index (χ1n) is 7.46. The summed E-state index contributed by atoms with van der Waals surface area (Å²) in [6.45, 7) is 7.70. The summed E-state index contributed by atoms with van der Waals surface area (Å²) < 4.78 is 6.67. The Labute approximate surface area is 145 Å². The van der Waals surface area contributed by atoms with E-state index in [-0.39, 0.29) is 0 Å². The van der Waals surface area contributed by atoms with Crippen molar-refractivity contribution in [1.82, 2.24) is 4.98 Å². The van der Waals surface area contributed by atoms with E-state index in [2.05, 4.69) is 69.8 Å². The van der Waals surface area contributed by atoms with Gasteiger partial charge in [0.1, 0.15) is 5.82 Å². The van der Waals surface area contributed by atoms with E-state index in [9.17, 15) is 0 Å². The summed E-state index contributed by atoms with van der Waals surface area (Å²) in [5.41, 5.74) is 4.78. The molecule has 1 aromatic heterocycles. The van der Waals surface area contributed by atoms with Crippen molar-refractivity contribution in [2.75, 3.05) is 36.5 Å². The van der Waals surface area contributed by atoms with Crippen LogP contribution in [0.3, 0.4) is 0 Å². The van der Waals surface area contributed by atoms with Crippen molar-refractivity contribution >= 4 is 39.8 Å². The van der Waals surface area contributed by atoms with Crippen molar-refractivity contribution in [2.45, 2.75) is 13.8 Å². The Kier molecular flexibility index (Phi) is 4.83. The zero-order valence-corrected chi connectivity index (χ0v) is 15.1. The van der Waals surface area contributed by atoms with Gasteiger partial charge in [-0.15, -0.1) is 0 Å². The molecule has 5 heteroatoms. The molecule has 1 aliphatic heterocycles. The van der Waals surface area contributed by atoms with Gasteiger partial charge in [-0.2, -0.15) is 0 Å². The van der Waals surface area contributed by atoms with Crippen LogP contribution in [0.5, 0.6) is 0 Å². The molecule has 22 heavy (non-hydrogen) atoms. The van der Waals surface area contributed by atoms with Crippen LogP contribution in [0.15, 0.2) is 30.5 Å². The molecular formula is C17H20IN3O. The lowest BCUT2D eigenvalue weighted by Crippen LogP contribution is -2.36. The summed E-state index contributed by atoms with van der Waals surface area (Å²) in [6, 6.07) is 8.53. The minimum Gasteiger partial charge on any atom is -0.378 e. The Morgan fingerprint density at radius 2 is 1.91 bits per heavy atom. The standard InChI is InChI=1S/C17H20IN3O/c1-12-10-16(13(2)9-15(12)18)20-17-4-3-14(11-19-17)21-5-7-22-8-6-21/h3-4,9-11H,5-8H2,1-2H3,(H,19,20). The third-order valence-corrected chi connectivity index (χ3v) is 5.05. The Hall–Kier alpha value is -1.34. The van der Waals surface area contributed by atoms with Gasteiger partial charge in [0.05, 0.1) is 25.1 Å². The molecule has 1 fully saturated rings. The summed E-state index contributed by atoms with van der Waals surface area (Å²) in [5, 5.41) is 3.41. The van der Waals surface area contributed by atoms with Crippen molar-refractivity contribution < 1.29 is 4.74 Å². The predicted molar refractivity (Wildman–Crippen MR) is 99.2 cm³/mol.